The summed E-state index contributed by atoms with van der Waals surface area (Å²) in [5, 5.41) is 22.1. The Morgan fingerprint density at radius 2 is 2.19 bits per heavy atom. The van der Waals surface area contributed by atoms with Crippen LogP contribution in [-0.2, 0) is 0 Å². The highest BCUT2D eigenvalue weighted by Gasteiger charge is 2.25. The van der Waals surface area contributed by atoms with E-state index < -0.39 is 6.10 Å². The lowest BCUT2D eigenvalue weighted by Crippen LogP contribution is -2.34. The molecular formula is C18H19ClN4O2S. The zero-order chi connectivity index (χ0) is 18.3. The number of aliphatic hydroxyl groups excluding tert-OH is 1. The van der Waals surface area contributed by atoms with Gasteiger partial charge in [0.05, 0.1) is 22.4 Å². The van der Waals surface area contributed by atoms with Crippen LogP contribution in [0.25, 0.3) is 15.9 Å². The maximum atomic E-state index is 12.5. The van der Waals surface area contributed by atoms with Gasteiger partial charge in [-0.1, -0.05) is 11.6 Å². The minimum Gasteiger partial charge on any atom is -0.391 e. The second-order valence-electron chi connectivity index (χ2n) is 6.50. The van der Waals surface area contributed by atoms with Crippen LogP contribution in [-0.4, -0.2) is 46.5 Å². The van der Waals surface area contributed by atoms with Gasteiger partial charge in [-0.25, -0.2) is 4.68 Å². The number of aliphatic hydroxyl groups is 1. The Kier molecular flexibility index (Phi) is 4.71. The lowest BCUT2D eigenvalue weighted by atomic mass is 10.1. The van der Waals surface area contributed by atoms with E-state index in [1.807, 2.05) is 41.9 Å². The van der Waals surface area contributed by atoms with E-state index in [0.717, 1.165) is 28.1 Å². The summed E-state index contributed by atoms with van der Waals surface area (Å²) in [5.74, 6) is -0.0630. The maximum absolute atomic E-state index is 12.5. The molecule has 1 aromatic carbocycles. The highest BCUT2D eigenvalue weighted by atomic mass is 35.5. The zero-order valence-electron chi connectivity index (χ0n) is 14.2. The minimum absolute atomic E-state index is 0.0552. The number of thiophene rings is 1. The molecule has 1 fully saturated rings. The van der Waals surface area contributed by atoms with E-state index in [2.05, 4.69) is 15.7 Å². The van der Waals surface area contributed by atoms with Gasteiger partial charge in [0, 0.05) is 36.0 Å². The first kappa shape index (κ1) is 17.5. The van der Waals surface area contributed by atoms with Crippen LogP contribution in [0, 0.1) is 12.8 Å². The number of carbonyl (C=O) groups excluding carboxylic acids is 1. The Labute approximate surface area is 159 Å². The Bertz CT molecular complexity index is 950. The van der Waals surface area contributed by atoms with Crippen molar-refractivity contribution in [1.82, 2.24) is 20.4 Å². The van der Waals surface area contributed by atoms with Crippen molar-refractivity contribution >= 4 is 39.1 Å². The molecule has 3 N–H and O–H groups in total. The molecule has 0 radical (unpaired) electrons. The lowest BCUT2D eigenvalue weighted by Gasteiger charge is -2.13. The molecule has 6 nitrogen and oxygen atoms in total. The summed E-state index contributed by atoms with van der Waals surface area (Å²) in [6.45, 7) is 3.70. The van der Waals surface area contributed by atoms with E-state index in [0.29, 0.717) is 23.0 Å². The Balaban J connectivity index is 1.58. The minimum atomic E-state index is -0.404. The van der Waals surface area contributed by atoms with E-state index in [9.17, 15) is 9.90 Å². The Morgan fingerprint density at radius 3 is 2.88 bits per heavy atom. The number of amides is 1. The number of hydrogen-bond donors (Lipinski definition) is 3. The summed E-state index contributed by atoms with van der Waals surface area (Å²) in [4.78, 5) is 14.1. The standard InChI is InChI=1S/C18H19ClN4O2S/c1-10-14-6-16(17(25)21-8-11-7-20-9-15(11)24)26-18(14)23(22-10)13-4-2-12(19)3-5-13/h2-6,11,15,20,24H,7-9H2,1H3,(H,21,25). The smallest absolute Gasteiger partial charge is 0.261 e. The molecule has 2 aromatic heterocycles. The van der Waals surface area contributed by atoms with Crippen LogP contribution in [0.15, 0.2) is 30.3 Å². The molecule has 0 spiro atoms. The predicted molar refractivity (Wildman–Crippen MR) is 103 cm³/mol. The molecule has 3 heterocycles. The third-order valence-electron chi connectivity index (χ3n) is 4.67. The molecule has 1 aliphatic heterocycles. The third kappa shape index (κ3) is 3.23. The number of fused-ring (bicyclic) bond motifs is 1. The van der Waals surface area contributed by atoms with Gasteiger partial charge < -0.3 is 15.7 Å². The molecular weight excluding hydrogens is 372 g/mol. The van der Waals surface area contributed by atoms with Crippen molar-refractivity contribution in [3.05, 3.63) is 45.9 Å². The van der Waals surface area contributed by atoms with Crippen LogP contribution < -0.4 is 10.6 Å². The van der Waals surface area contributed by atoms with Gasteiger partial charge in [0.15, 0.2) is 0 Å². The molecule has 0 aliphatic carbocycles. The van der Waals surface area contributed by atoms with Gasteiger partial charge in [-0.3, -0.25) is 4.79 Å². The molecule has 8 heteroatoms. The van der Waals surface area contributed by atoms with Gasteiger partial charge in [-0.2, -0.15) is 5.10 Å². The van der Waals surface area contributed by atoms with Crippen LogP contribution in [0.4, 0.5) is 0 Å². The number of β-amino-alcohol motifs (C(OH)–C–C–N with tert-alkyl or cyclic N) is 1. The first-order valence-corrected chi connectivity index (χ1v) is 9.64. The van der Waals surface area contributed by atoms with Gasteiger partial charge >= 0.3 is 0 Å². The Morgan fingerprint density at radius 1 is 1.42 bits per heavy atom. The fraction of sp³-hybridized carbons (Fsp3) is 0.333. The van der Waals surface area contributed by atoms with Crippen LogP contribution in [0.1, 0.15) is 15.4 Å². The molecule has 4 rings (SSSR count). The van der Waals surface area contributed by atoms with Crippen molar-refractivity contribution in [2.24, 2.45) is 5.92 Å². The molecule has 0 saturated carbocycles. The number of nitrogens with zero attached hydrogens (tertiary/aromatic N) is 2. The van der Waals surface area contributed by atoms with Gasteiger partial charge in [0.2, 0.25) is 0 Å². The molecule has 1 aliphatic rings. The van der Waals surface area contributed by atoms with Gasteiger partial charge in [0.1, 0.15) is 4.83 Å². The van der Waals surface area contributed by atoms with E-state index in [-0.39, 0.29) is 11.8 Å². The third-order valence-corrected chi connectivity index (χ3v) is 6.03. The lowest BCUT2D eigenvalue weighted by molar-refractivity contribution is 0.0931. The fourth-order valence-electron chi connectivity index (χ4n) is 3.15. The van der Waals surface area contributed by atoms with Crippen LogP contribution in [0.3, 0.4) is 0 Å². The normalized spacial score (nSPS) is 20.0. The second kappa shape index (κ2) is 7.00. The number of halogens is 1. The van der Waals surface area contributed by atoms with Gasteiger partial charge in [-0.15, -0.1) is 11.3 Å². The molecule has 1 saturated heterocycles. The van der Waals surface area contributed by atoms with E-state index in [1.165, 1.54) is 11.3 Å². The van der Waals surface area contributed by atoms with E-state index in [4.69, 9.17) is 11.6 Å². The summed E-state index contributed by atoms with van der Waals surface area (Å²) in [6.07, 6.45) is -0.404. The number of hydrogen-bond acceptors (Lipinski definition) is 5. The van der Waals surface area contributed by atoms with Crippen LogP contribution in [0.5, 0.6) is 0 Å². The summed E-state index contributed by atoms with van der Waals surface area (Å²) in [6, 6.07) is 9.33. The van der Waals surface area contributed by atoms with Crippen molar-refractivity contribution in [3.8, 4) is 5.69 Å². The zero-order valence-corrected chi connectivity index (χ0v) is 15.8. The first-order chi connectivity index (χ1) is 12.5. The molecule has 0 bridgehead atoms. The quantitative estimate of drug-likeness (QED) is 0.639. The number of carbonyl (C=O) groups is 1. The Hall–Kier alpha value is -1.93. The van der Waals surface area contributed by atoms with Crippen LogP contribution >= 0.6 is 22.9 Å². The number of benzene rings is 1. The summed E-state index contributed by atoms with van der Waals surface area (Å²) >= 11 is 7.38. The molecule has 1 amide bonds. The molecule has 3 aromatic rings. The van der Waals surface area contributed by atoms with Crippen molar-refractivity contribution in [1.29, 1.82) is 0 Å². The van der Waals surface area contributed by atoms with Crippen molar-refractivity contribution in [3.63, 3.8) is 0 Å². The summed E-state index contributed by atoms with van der Waals surface area (Å²) < 4.78 is 1.84. The molecule has 2 unspecified atom stereocenters. The van der Waals surface area contributed by atoms with E-state index >= 15 is 0 Å². The van der Waals surface area contributed by atoms with Crippen molar-refractivity contribution in [2.75, 3.05) is 19.6 Å². The fourth-order valence-corrected chi connectivity index (χ4v) is 4.38. The number of aromatic nitrogens is 2. The first-order valence-electron chi connectivity index (χ1n) is 8.45. The maximum Gasteiger partial charge on any atom is 0.261 e. The molecule has 2 atom stereocenters. The highest BCUT2D eigenvalue weighted by Crippen LogP contribution is 2.30. The average Bonchev–Trinajstić information content (AvgIpc) is 3.31. The summed E-state index contributed by atoms with van der Waals surface area (Å²) in [5.41, 5.74) is 1.78. The van der Waals surface area contributed by atoms with Gasteiger partial charge in [0.25, 0.3) is 5.91 Å². The topological polar surface area (TPSA) is 79.2 Å². The van der Waals surface area contributed by atoms with E-state index in [1.54, 1.807) is 0 Å². The van der Waals surface area contributed by atoms with Crippen molar-refractivity contribution < 1.29 is 9.90 Å². The number of nitrogens with one attached hydrogen (secondary N) is 2. The molecule has 136 valence electrons. The monoisotopic (exact) mass is 390 g/mol. The van der Waals surface area contributed by atoms with Gasteiger partial charge in [-0.05, 0) is 37.3 Å². The molecule has 26 heavy (non-hydrogen) atoms. The van der Waals surface area contributed by atoms with Crippen molar-refractivity contribution in [2.45, 2.75) is 13.0 Å². The predicted octanol–water partition coefficient (Wildman–Crippen LogP) is 2.36. The largest absolute Gasteiger partial charge is 0.391 e. The SMILES string of the molecule is Cc1nn(-c2ccc(Cl)cc2)c2sc(C(=O)NCC3CNCC3O)cc12. The summed E-state index contributed by atoms with van der Waals surface area (Å²) in [7, 11) is 0. The second-order valence-corrected chi connectivity index (χ2v) is 7.97. The number of rotatable bonds is 4. The number of aryl methyl sites for hydroxylation is 1. The average molecular weight is 391 g/mol. The highest BCUT2D eigenvalue weighted by molar-refractivity contribution is 7.20. The van der Waals surface area contributed by atoms with Crippen LogP contribution in [0.2, 0.25) is 5.02 Å².